The Hall–Kier alpha value is -2.01. The third-order valence-electron chi connectivity index (χ3n) is 3.08. The van der Waals surface area contributed by atoms with Crippen LogP contribution >= 0.6 is 11.8 Å². The third-order valence-corrected chi connectivity index (χ3v) is 4.14. The topological polar surface area (TPSA) is 62.2 Å². The molecule has 0 saturated carbocycles. The van der Waals surface area contributed by atoms with E-state index in [1.54, 1.807) is 18.3 Å². The van der Waals surface area contributed by atoms with Crippen molar-refractivity contribution in [1.29, 1.82) is 0 Å². The number of rotatable bonds is 7. The number of carboxylic acids is 1. The number of thioether (sulfide) groups is 1. The molecule has 5 heteroatoms. The zero-order valence-corrected chi connectivity index (χ0v) is 13.6. The van der Waals surface area contributed by atoms with Crippen LogP contribution in [0.1, 0.15) is 29.8 Å². The first-order valence-electron chi connectivity index (χ1n) is 7.21. The number of para-hydroxylation sites is 1. The Kier molecular flexibility index (Phi) is 5.83. The van der Waals surface area contributed by atoms with Crippen LogP contribution in [-0.2, 0) is 5.75 Å². The van der Waals surface area contributed by atoms with E-state index < -0.39 is 5.97 Å². The number of carboxylic acid groups (broad SMARTS) is 1. The lowest BCUT2D eigenvalue weighted by Crippen LogP contribution is -2.09. The smallest absolute Gasteiger partial charge is 0.338 e. The second-order valence-electron chi connectivity index (χ2n) is 5.38. The van der Waals surface area contributed by atoms with Crippen LogP contribution in [0.4, 0.5) is 5.69 Å². The largest absolute Gasteiger partial charge is 0.478 e. The van der Waals surface area contributed by atoms with Crippen molar-refractivity contribution in [3.63, 3.8) is 0 Å². The van der Waals surface area contributed by atoms with Crippen molar-refractivity contribution in [3.05, 3.63) is 53.7 Å². The highest BCUT2D eigenvalue weighted by Crippen LogP contribution is 2.27. The van der Waals surface area contributed by atoms with Crippen molar-refractivity contribution in [2.45, 2.75) is 24.6 Å². The Morgan fingerprint density at radius 3 is 2.77 bits per heavy atom. The molecular weight excluding hydrogens is 296 g/mol. The number of nitrogens with zero attached hydrogens (tertiary/aromatic N) is 1. The van der Waals surface area contributed by atoms with Crippen LogP contribution < -0.4 is 5.32 Å². The number of anilines is 1. The summed E-state index contributed by atoms with van der Waals surface area (Å²) >= 11 is 1.44. The molecule has 0 aliphatic heterocycles. The summed E-state index contributed by atoms with van der Waals surface area (Å²) in [7, 11) is 0. The van der Waals surface area contributed by atoms with E-state index in [4.69, 9.17) is 0 Å². The molecule has 22 heavy (non-hydrogen) atoms. The molecule has 0 atom stereocenters. The van der Waals surface area contributed by atoms with Crippen LogP contribution in [0.15, 0.2) is 47.6 Å². The summed E-state index contributed by atoms with van der Waals surface area (Å²) in [6, 6.07) is 11.3. The molecule has 0 amide bonds. The van der Waals surface area contributed by atoms with Gasteiger partial charge in [0.2, 0.25) is 0 Å². The number of aromatic nitrogens is 1. The number of hydrogen-bond donors (Lipinski definition) is 2. The zero-order chi connectivity index (χ0) is 15.9. The third kappa shape index (κ3) is 4.49. The number of nitrogens with one attached hydrogen (secondary N) is 1. The monoisotopic (exact) mass is 316 g/mol. The van der Waals surface area contributed by atoms with E-state index in [-0.39, 0.29) is 5.56 Å². The first kappa shape index (κ1) is 16.4. The lowest BCUT2D eigenvalue weighted by atomic mass is 10.1. The maximum atomic E-state index is 11.2. The molecule has 2 rings (SSSR count). The van der Waals surface area contributed by atoms with Crippen LogP contribution in [0.5, 0.6) is 0 Å². The molecule has 0 bridgehead atoms. The molecule has 1 aromatic carbocycles. The average Bonchev–Trinajstić information content (AvgIpc) is 2.51. The predicted octanol–water partition coefficient (Wildman–Crippen LogP) is 4.14. The maximum Gasteiger partial charge on any atom is 0.338 e. The van der Waals surface area contributed by atoms with Gasteiger partial charge in [-0.05, 0) is 29.7 Å². The Bertz CT molecular complexity index is 644. The molecule has 0 radical (unpaired) electrons. The van der Waals surface area contributed by atoms with Gasteiger partial charge in [0.1, 0.15) is 5.03 Å². The number of pyridine rings is 1. The Morgan fingerprint density at radius 2 is 2.05 bits per heavy atom. The summed E-state index contributed by atoms with van der Waals surface area (Å²) in [6.45, 7) is 5.24. The number of aromatic carboxylic acids is 1. The van der Waals surface area contributed by atoms with Gasteiger partial charge >= 0.3 is 5.97 Å². The average molecular weight is 316 g/mol. The molecule has 1 aromatic heterocycles. The molecule has 0 aliphatic rings. The highest BCUT2D eigenvalue weighted by molar-refractivity contribution is 7.98. The SMILES string of the molecule is CC(C)CNc1ccccc1CSc1ncccc1C(=O)O. The molecule has 4 nitrogen and oxygen atoms in total. The van der Waals surface area contributed by atoms with E-state index in [0.29, 0.717) is 16.7 Å². The normalized spacial score (nSPS) is 10.7. The van der Waals surface area contributed by atoms with Gasteiger partial charge in [0, 0.05) is 24.2 Å². The predicted molar refractivity (Wildman–Crippen MR) is 90.5 cm³/mol. The standard InChI is InChI=1S/C17H20N2O2S/c1-12(2)10-19-15-8-4-3-6-13(15)11-22-16-14(17(20)21)7-5-9-18-16/h3-9,12,19H,10-11H2,1-2H3,(H,20,21). The molecule has 2 aromatic rings. The summed E-state index contributed by atoms with van der Waals surface area (Å²) < 4.78 is 0. The summed E-state index contributed by atoms with van der Waals surface area (Å²) in [5.74, 6) is 0.301. The van der Waals surface area contributed by atoms with Crippen LogP contribution in [0.2, 0.25) is 0 Å². The second-order valence-corrected chi connectivity index (χ2v) is 6.35. The Balaban J connectivity index is 2.10. The Morgan fingerprint density at radius 1 is 1.27 bits per heavy atom. The summed E-state index contributed by atoms with van der Waals surface area (Å²) in [5.41, 5.74) is 2.49. The molecule has 0 saturated heterocycles. The fourth-order valence-electron chi connectivity index (χ4n) is 1.95. The van der Waals surface area contributed by atoms with Crippen molar-refractivity contribution in [3.8, 4) is 0 Å². The first-order valence-corrected chi connectivity index (χ1v) is 8.19. The van der Waals surface area contributed by atoms with Crippen LogP contribution in [-0.4, -0.2) is 22.6 Å². The van der Waals surface area contributed by atoms with Gasteiger partial charge in [0.15, 0.2) is 0 Å². The molecule has 1 heterocycles. The van der Waals surface area contributed by atoms with E-state index in [9.17, 15) is 9.90 Å². The minimum Gasteiger partial charge on any atom is -0.478 e. The number of hydrogen-bond acceptors (Lipinski definition) is 4. The molecule has 116 valence electrons. The van der Waals surface area contributed by atoms with Crippen molar-refractivity contribution in [2.24, 2.45) is 5.92 Å². The van der Waals surface area contributed by atoms with Crippen molar-refractivity contribution < 1.29 is 9.90 Å². The van der Waals surface area contributed by atoms with Crippen molar-refractivity contribution in [2.75, 3.05) is 11.9 Å². The minimum atomic E-state index is -0.943. The van der Waals surface area contributed by atoms with E-state index in [0.717, 1.165) is 17.8 Å². The van der Waals surface area contributed by atoms with Gasteiger partial charge < -0.3 is 10.4 Å². The van der Waals surface area contributed by atoms with Crippen LogP contribution in [0.3, 0.4) is 0 Å². The van der Waals surface area contributed by atoms with Crippen molar-refractivity contribution in [1.82, 2.24) is 4.98 Å². The second kappa shape index (κ2) is 7.84. The number of benzene rings is 1. The molecule has 0 fully saturated rings. The molecule has 2 N–H and O–H groups in total. The summed E-state index contributed by atoms with van der Waals surface area (Å²) in [5, 5.41) is 13.2. The number of carbonyl (C=O) groups is 1. The highest BCUT2D eigenvalue weighted by atomic mass is 32.2. The minimum absolute atomic E-state index is 0.250. The van der Waals surface area contributed by atoms with Gasteiger partial charge in [-0.3, -0.25) is 0 Å². The van der Waals surface area contributed by atoms with Crippen molar-refractivity contribution >= 4 is 23.4 Å². The van der Waals surface area contributed by atoms with E-state index >= 15 is 0 Å². The molecule has 0 spiro atoms. The summed E-state index contributed by atoms with van der Waals surface area (Å²) in [6.07, 6.45) is 1.62. The van der Waals surface area contributed by atoms with Gasteiger partial charge in [-0.25, -0.2) is 9.78 Å². The molecule has 0 unspecified atom stereocenters. The van der Waals surface area contributed by atoms with E-state index in [1.807, 2.05) is 12.1 Å². The maximum absolute atomic E-state index is 11.2. The lowest BCUT2D eigenvalue weighted by molar-refractivity contribution is 0.0692. The van der Waals surface area contributed by atoms with Gasteiger partial charge in [0.25, 0.3) is 0 Å². The van der Waals surface area contributed by atoms with E-state index in [2.05, 4.69) is 36.3 Å². The first-order chi connectivity index (χ1) is 10.6. The highest BCUT2D eigenvalue weighted by Gasteiger charge is 2.12. The Labute approximate surface area is 135 Å². The van der Waals surface area contributed by atoms with Crippen LogP contribution in [0, 0.1) is 5.92 Å². The van der Waals surface area contributed by atoms with Gasteiger partial charge in [-0.2, -0.15) is 0 Å². The fourth-order valence-corrected chi connectivity index (χ4v) is 2.94. The van der Waals surface area contributed by atoms with E-state index in [1.165, 1.54) is 11.8 Å². The van der Waals surface area contributed by atoms with Gasteiger partial charge in [0.05, 0.1) is 5.56 Å². The quantitative estimate of drug-likeness (QED) is 0.752. The van der Waals surface area contributed by atoms with Gasteiger partial charge in [-0.1, -0.05) is 32.0 Å². The summed E-state index contributed by atoms with van der Waals surface area (Å²) in [4.78, 5) is 15.4. The zero-order valence-electron chi connectivity index (χ0n) is 12.7. The van der Waals surface area contributed by atoms with Crippen LogP contribution in [0.25, 0.3) is 0 Å². The van der Waals surface area contributed by atoms with Gasteiger partial charge in [-0.15, -0.1) is 11.8 Å². The fraction of sp³-hybridized carbons (Fsp3) is 0.294. The lowest BCUT2D eigenvalue weighted by Gasteiger charge is -2.13. The molecular formula is C17H20N2O2S. The molecule has 0 aliphatic carbocycles.